The van der Waals surface area contributed by atoms with E-state index in [0.29, 0.717) is 12.2 Å². The third kappa shape index (κ3) is 8.82. The number of carbonyl (C=O) groups is 1. The zero-order chi connectivity index (χ0) is 24.0. The predicted octanol–water partition coefficient (Wildman–Crippen LogP) is 8.33. The number of hydrogen-bond acceptors (Lipinski definition) is 2. The molecule has 0 saturated carbocycles. The highest BCUT2D eigenvalue weighted by Gasteiger charge is 2.02. The van der Waals surface area contributed by atoms with Crippen molar-refractivity contribution in [3.05, 3.63) is 114 Å². The molecule has 34 heavy (non-hydrogen) atoms. The number of aryl methyl sites for hydroxylation is 1. The van der Waals surface area contributed by atoms with Gasteiger partial charge in [-0.1, -0.05) is 80.8 Å². The lowest BCUT2D eigenvalue weighted by Gasteiger charge is -2.07. The van der Waals surface area contributed by atoms with Gasteiger partial charge in [-0.25, -0.2) is 4.39 Å². The fourth-order valence-corrected chi connectivity index (χ4v) is 3.71. The lowest BCUT2D eigenvalue weighted by Crippen LogP contribution is -1.97. The van der Waals surface area contributed by atoms with E-state index in [0.717, 1.165) is 24.2 Å². The first kappa shape index (κ1) is 25.2. The molecule has 0 unspecified atom stereocenters. The highest BCUT2D eigenvalue weighted by molar-refractivity contribution is 6.06. The first-order chi connectivity index (χ1) is 16.6. The number of rotatable bonds is 14. The third-order valence-electron chi connectivity index (χ3n) is 5.78. The summed E-state index contributed by atoms with van der Waals surface area (Å²) in [6.07, 6.45) is 13.5. The molecule has 3 heteroatoms. The minimum Gasteiger partial charge on any atom is -0.494 e. The van der Waals surface area contributed by atoms with Crippen molar-refractivity contribution < 1.29 is 13.9 Å². The van der Waals surface area contributed by atoms with E-state index in [2.05, 4.69) is 30.8 Å². The lowest BCUT2D eigenvalue weighted by molar-refractivity contribution is 0.104. The fraction of sp³-hybridized carbons (Fsp3) is 0.258. The van der Waals surface area contributed by atoms with E-state index < -0.39 is 0 Å². The van der Waals surface area contributed by atoms with Crippen LogP contribution in [-0.2, 0) is 6.42 Å². The van der Waals surface area contributed by atoms with Crippen LogP contribution in [0.1, 0.15) is 65.6 Å². The highest BCUT2D eigenvalue weighted by atomic mass is 19.1. The Labute approximate surface area is 202 Å². The molecule has 0 aliphatic carbocycles. The quantitative estimate of drug-likeness (QED) is 0.138. The van der Waals surface area contributed by atoms with E-state index in [-0.39, 0.29) is 11.6 Å². The number of allylic oxidation sites excluding steroid dienone is 1. The second kappa shape index (κ2) is 13.9. The van der Waals surface area contributed by atoms with Crippen LogP contribution in [0, 0.1) is 5.82 Å². The summed E-state index contributed by atoms with van der Waals surface area (Å²) in [5.74, 6) is 0.338. The van der Waals surface area contributed by atoms with Gasteiger partial charge in [-0.2, -0.15) is 0 Å². The maximum Gasteiger partial charge on any atom is 0.185 e. The summed E-state index contributed by atoms with van der Waals surface area (Å²) in [6.45, 7) is 4.51. The van der Waals surface area contributed by atoms with Crippen molar-refractivity contribution in [2.75, 3.05) is 6.61 Å². The first-order valence-electron chi connectivity index (χ1n) is 12.1. The minimum absolute atomic E-state index is 0.150. The first-order valence-corrected chi connectivity index (χ1v) is 12.1. The Balaban J connectivity index is 1.25. The van der Waals surface area contributed by atoms with Gasteiger partial charge < -0.3 is 4.74 Å². The lowest BCUT2D eigenvalue weighted by atomic mass is 10.0. The zero-order valence-corrected chi connectivity index (χ0v) is 19.7. The molecule has 0 N–H and O–H groups in total. The molecule has 176 valence electrons. The van der Waals surface area contributed by atoms with Gasteiger partial charge in [-0.15, -0.1) is 0 Å². The van der Waals surface area contributed by atoms with Crippen molar-refractivity contribution >= 4 is 17.9 Å². The largest absolute Gasteiger partial charge is 0.494 e. The van der Waals surface area contributed by atoms with Crippen LogP contribution in [-0.4, -0.2) is 12.4 Å². The number of ketones is 1. The van der Waals surface area contributed by atoms with Crippen LogP contribution in [0.25, 0.3) is 12.2 Å². The molecule has 2 nitrogen and oxygen atoms in total. The standard InChI is InChI=1S/C31H33FO2/c1-2-25-10-12-26(13-11-25)9-7-5-3-4-6-8-24-34-30-21-14-27(15-22-30)16-23-31(33)28-17-19-29(32)20-18-28/h2,10-23H,1,3-9,24H2/b23-16+. The van der Waals surface area contributed by atoms with Gasteiger partial charge >= 0.3 is 0 Å². The summed E-state index contributed by atoms with van der Waals surface area (Å²) in [6, 6.07) is 21.9. The smallest absolute Gasteiger partial charge is 0.185 e. The molecule has 0 fully saturated rings. The summed E-state index contributed by atoms with van der Waals surface area (Å²) < 4.78 is 18.8. The normalized spacial score (nSPS) is 11.0. The van der Waals surface area contributed by atoms with Gasteiger partial charge in [-0.05, 0) is 78.4 Å². The molecular formula is C31H33FO2. The van der Waals surface area contributed by atoms with Crippen LogP contribution in [0.4, 0.5) is 4.39 Å². The molecule has 0 aliphatic rings. The van der Waals surface area contributed by atoms with Crippen LogP contribution in [0.5, 0.6) is 5.75 Å². The van der Waals surface area contributed by atoms with Gasteiger partial charge in [-0.3, -0.25) is 4.79 Å². The van der Waals surface area contributed by atoms with Crippen LogP contribution in [0.2, 0.25) is 0 Å². The van der Waals surface area contributed by atoms with E-state index in [1.807, 2.05) is 30.3 Å². The summed E-state index contributed by atoms with van der Waals surface area (Å²) in [7, 11) is 0. The molecule has 0 spiro atoms. The number of benzene rings is 3. The molecule has 0 atom stereocenters. The fourth-order valence-electron chi connectivity index (χ4n) is 3.71. The van der Waals surface area contributed by atoms with Crippen molar-refractivity contribution in [1.82, 2.24) is 0 Å². The highest BCUT2D eigenvalue weighted by Crippen LogP contribution is 2.16. The average Bonchev–Trinajstić information content (AvgIpc) is 2.87. The minimum atomic E-state index is -0.349. The van der Waals surface area contributed by atoms with Gasteiger partial charge in [0.15, 0.2) is 5.78 Å². The van der Waals surface area contributed by atoms with Crippen LogP contribution < -0.4 is 4.74 Å². The molecule has 0 aromatic heterocycles. The molecular weight excluding hydrogens is 423 g/mol. The van der Waals surface area contributed by atoms with Crippen molar-refractivity contribution in [2.24, 2.45) is 0 Å². The number of unbranched alkanes of at least 4 members (excludes halogenated alkanes) is 5. The summed E-state index contributed by atoms with van der Waals surface area (Å²) in [5, 5.41) is 0. The van der Waals surface area contributed by atoms with Crippen LogP contribution >= 0.6 is 0 Å². The van der Waals surface area contributed by atoms with Crippen molar-refractivity contribution in [3.63, 3.8) is 0 Å². The van der Waals surface area contributed by atoms with E-state index >= 15 is 0 Å². The number of halogens is 1. The molecule has 0 amide bonds. The Kier molecular flexibility index (Phi) is 10.3. The molecule has 3 aromatic rings. The molecule has 0 radical (unpaired) electrons. The van der Waals surface area contributed by atoms with Crippen LogP contribution in [0.15, 0.2) is 85.5 Å². The number of hydrogen-bond donors (Lipinski definition) is 0. The van der Waals surface area contributed by atoms with E-state index in [4.69, 9.17) is 4.74 Å². The second-order valence-corrected chi connectivity index (χ2v) is 8.44. The van der Waals surface area contributed by atoms with Crippen LogP contribution in [0.3, 0.4) is 0 Å². The Hall–Kier alpha value is -3.46. The van der Waals surface area contributed by atoms with E-state index in [9.17, 15) is 9.18 Å². The van der Waals surface area contributed by atoms with Gasteiger partial charge in [0.05, 0.1) is 6.61 Å². The van der Waals surface area contributed by atoms with Gasteiger partial charge in [0.2, 0.25) is 0 Å². The predicted molar refractivity (Wildman–Crippen MR) is 140 cm³/mol. The van der Waals surface area contributed by atoms with E-state index in [1.54, 1.807) is 6.08 Å². The van der Waals surface area contributed by atoms with Crippen molar-refractivity contribution in [3.8, 4) is 5.75 Å². The SMILES string of the molecule is C=Cc1ccc(CCCCCCCCOc2ccc(/C=C/C(=O)c3ccc(F)cc3)cc2)cc1. The monoisotopic (exact) mass is 456 g/mol. The average molecular weight is 457 g/mol. The Bertz CT molecular complexity index is 1050. The van der Waals surface area contributed by atoms with Gasteiger partial charge in [0.1, 0.15) is 11.6 Å². The third-order valence-corrected chi connectivity index (χ3v) is 5.78. The topological polar surface area (TPSA) is 26.3 Å². The molecule has 3 aromatic carbocycles. The maximum absolute atomic E-state index is 13.0. The second-order valence-electron chi connectivity index (χ2n) is 8.44. The molecule has 0 saturated heterocycles. The Morgan fingerprint density at radius 1 is 0.765 bits per heavy atom. The zero-order valence-electron chi connectivity index (χ0n) is 19.7. The summed E-state index contributed by atoms with van der Waals surface area (Å²) >= 11 is 0. The molecule has 0 bridgehead atoms. The number of ether oxygens (including phenoxy) is 1. The van der Waals surface area contributed by atoms with Crippen molar-refractivity contribution in [2.45, 2.75) is 44.9 Å². The number of carbonyl (C=O) groups excluding carboxylic acids is 1. The molecule has 3 rings (SSSR count). The Morgan fingerprint density at radius 2 is 1.38 bits per heavy atom. The summed E-state index contributed by atoms with van der Waals surface area (Å²) in [5.41, 5.74) is 3.96. The van der Waals surface area contributed by atoms with Gasteiger partial charge in [0, 0.05) is 5.56 Å². The van der Waals surface area contributed by atoms with Gasteiger partial charge in [0.25, 0.3) is 0 Å². The Morgan fingerprint density at radius 3 is 2.06 bits per heavy atom. The van der Waals surface area contributed by atoms with Crippen molar-refractivity contribution in [1.29, 1.82) is 0 Å². The molecule has 0 aliphatic heterocycles. The summed E-state index contributed by atoms with van der Waals surface area (Å²) in [4.78, 5) is 12.1. The van der Waals surface area contributed by atoms with E-state index in [1.165, 1.54) is 73.6 Å². The molecule has 0 heterocycles. The maximum atomic E-state index is 13.0.